The lowest BCUT2D eigenvalue weighted by molar-refractivity contribution is -0.137. The van der Waals surface area contributed by atoms with Gasteiger partial charge in [0.15, 0.2) is 0 Å². The van der Waals surface area contributed by atoms with E-state index in [1.807, 2.05) is 4.90 Å². The third-order valence-corrected chi connectivity index (χ3v) is 6.65. The molecule has 1 N–H and O–H groups in total. The summed E-state index contributed by atoms with van der Waals surface area (Å²) in [6, 6.07) is 0.497. The van der Waals surface area contributed by atoms with Crippen LogP contribution in [-0.4, -0.2) is 84.3 Å². The summed E-state index contributed by atoms with van der Waals surface area (Å²) in [4.78, 5) is 43.2. The van der Waals surface area contributed by atoms with Gasteiger partial charge < -0.3 is 15.1 Å². The van der Waals surface area contributed by atoms with Crippen molar-refractivity contribution in [2.45, 2.75) is 51.0 Å². The molecular formula is C20H32N4O3. The lowest BCUT2D eigenvalue weighted by Crippen LogP contribution is -2.52. The first kappa shape index (κ1) is 18.7. The van der Waals surface area contributed by atoms with Crippen molar-refractivity contribution in [1.82, 2.24) is 20.0 Å². The highest BCUT2D eigenvalue weighted by Gasteiger charge is 2.37. The molecule has 7 heteroatoms. The van der Waals surface area contributed by atoms with Crippen LogP contribution in [0.25, 0.3) is 0 Å². The molecule has 3 heterocycles. The van der Waals surface area contributed by atoms with Gasteiger partial charge in [0.1, 0.15) is 0 Å². The Labute approximate surface area is 161 Å². The Balaban J connectivity index is 1.28. The smallest absolute Gasteiger partial charge is 0.227 e. The minimum atomic E-state index is 0.0445. The Bertz CT molecular complexity index is 584. The van der Waals surface area contributed by atoms with Gasteiger partial charge in [-0.15, -0.1) is 0 Å². The van der Waals surface area contributed by atoms with Gasteiger partial charge in [-0.3, -0.25) is 19.3 Å². The van der Waals surface area contributed by atoms with Crippen LogP contribution >= 0.6 is 0 Å². The number of nitrogens with zero attached hydrogens (tertiary/aromatic N) is 3. The minimum absolute atomic E-state index is 0.0445. The highest BCUT2D eigenvalue weighted by Crippen LogP contribution is 2.32. The van der Waals surface area contributed by atoms with Crippen molar-refractivity contribution in [1.29, 1.82) is 0 Å². The SMILES string of the molecule is O=C1CCN(C(=O)[C@@H]2CCCN(C3CCN(C(=O)C4CC4)CC3)C2)CCN1. The van der Waals surface area contributed by atoms with Crippen LogP contribution in [0.3, 0.4) is 0 Å². The van der Waals surface area contributed by atoms with Gasteiger partial charge in [0.05, 0.1) is 5.92 Å². The predicted octanol–water partition coefficient (Wildman–Crippen LogP) is 0.448. The Hall–Kier alpha value is -1.63. The van der Waals surface area contributed by atoms with Crippen LogP contribution in [0.2, 0.25) is 0 Å². The van der Waals surface area contributed by atoms with Crippen LogP contribution in [0.4, 0.5) is 0 Å². The van der Waals surface area contributed by atoms with Crippen molar-refractivity contribution < 1.29 is 14.4 Å². The number of amides is 3. The van der Waals surface area contributed by atoms with Crippen molar-refractivity contribution in [3.63, 3.8) is 0 Å². The quantitative estimate of drug-likeness (QED) is 0.776. The zero-order valence-electron chi connectivity index (χ0n) is 16.2. The molecule has 0 aromatic carbocycles. The van der Waals surface area contributed by atoms with E-state index in [9.17, 15) is 14.4 Å². The van der Waals surface area contributed by atoms with Gasteiger partial charge in [-0.1, -0.05) is 0 Å². The maximum absolute atomic E-state index is 13.0. The Kier molecular flexibility index (Phi) is 5.66. The second kappa shape index (κ2) is 8.17. The number of hydrogen-bond donors (Lipinski definition) is 1. The third-order valence-electron chi connectivity index (χ3n) is 6.65. The molecule has 7 nitrogen and oxygen atoms in total. The molecule has 27 heavy (non-hydrogen) atoms. The molecule has 3 saturated heterocycles. The van der Waals surface area contributed by atoms with E-state index in [2.05, 4.69) is 15.1 Å². The fraction of sp³-hybridized carbons (Fsp3) is 0.850. The monoisotopic (exact) mass is 376 g/mol. The van der Waals surface area contributed by atoms with Crippen molar-refractivity contribution in [2.75, 3.05) is 45.8 Å². The highest BCUT2D eigenvalue weighted by molar-refractivity contribution is 5.82. The third kappa shape index (κ3) is 4.45. The first-order chi connectivity index (χ1) is 13.1. The standard InChI is InChI=1S/C20H32N4O3/c25-18-7-12-23(13-8-21-18)20(27)16-2-1-9-24(14-16)17-5-10-22(11-6-17)19(26)15-3-4-15/h15-17H,1-14H2,(H,21,25)/t16-/m1/s1. The fourth-order valence-electron chi connectivity index (χ4n) is 4.83. The number of hydrogen-bond acceptors (Lipinski definition) is 4. The summed E-state index contributed by atoms with van der Waals surface area (Å²) in [5.74, 6) is 0.997. The Morgan fingerprint density at radius 3 is 2.26 bits per heavy atom. The normalized spacial score (nSPS) is 28.6. The fourth-order valence-corrected chi connectivity index (χ4v) is 4.83. The van der Waals surface area contributed by atoms with Crippen LogP contribution < -0.4 is 5.32 Å². The van der Waals surface area contributed by atoms with Gasteiger partial charge in [0.2, 0.25) is 17.7 Å². The molecule has 0 aromatic heterocycles. The van der Waals surface area contributed by atoms with Crippen LogP contribution in [-0.2, 0) is 14.4 Å². The molecule has 1 aliphatic carbocycles. The summed E-state index contributed by atoms with van der Waals surface area (Å²) >= 11 is 0. The number of nitrogens with one attached hydrogen (secondary N) is 1. The van der Waals surface area contributed by atoms with E-state index in [-0.39, 0.29) is 17.7 Å². The van der Waals surface area contributed by atoms with Crippen molar-refractivity contribution in [3.8, 4) is 0 Å². The molecule has 0 spiro atoms. The maximum atomic E-state index is 13.0. The van der Waals surface area contributed by atoms with E-state index < -0.39 is 0 Å². The average molecular weight is 377 g/mol. The van der Waals surface area contributed by atoms with E-state index in [1.54, 1.807) is 0 Å². The van der Waals surface area contributed by atoms with Gasteiger partial charge >= 0.3 is 0 Å². The number of rotatable bonds is 3. The summed E-state index contributed by atoms with van der Waals surface area (Å²) in [5.41, 5.74) is 0. The van der Waals surface area contributed by atoms with Crippen LogP contribution in [0.1, 0.15) is 44.9 Å². The summed E-state index contributed by atoms with van der Waals surface area (Å²) in [6.07, 6.45) is 6.63. The highest BCUT2D eigenvalue weighted by atomic mass is 16.2. The van der Waals surface area contributed by atoms with Crippen LogP contribution in [0, 0.1) is 11.8 Å². The molecule has 0 aromatic rings. The number of carbonyl (C=O) groups is 3. The molecule has 0 bridgehead atoms. The lowest BCUT2D eigenvalue weighted by atomic mass is 9.92. The molecule has 3 amide bonds. The summed E-state index contributed by atoms with van der Waals surface area (Å²) in [6.45, 7) is 5.37. The lowest BCUT2D eigenvalue weighted by Gasteiger charge is -2.42. The number of likely N-dealkylation sites (tertiary alicyclic amines) is 2. The summed E-state index contributed by atoms with van der Waals surface area (Å²) < 4.78 is 0. The first-order valence-electron chi connectivity index (χ1n) is 10.7. The molecule has 0 radical (unpaired) electrons. The van der Waals surface area contributed by atoms with E-state index in [0.717, 1.165) is 64.7 Å². The maximum Gasteiger partial charge on any atom is 0.227 e. The second-order valence-electron chi connectivity index (χ2n) is 8.59. The van der Waals surface area contributed by atoms with Crippen molar-refractivity contribution in [2.24, 2.45) is 11.8 Å². The molecule has 4 rings (SSSR count). The van der Waals surface area contributed by atoms with E-state index in [1.165, 1.54) is 0 Å². The van der Waals surface area contributed by atoms with Crippen molar-refractivity contribution in [3.05, 3.63) is 0 Å². The molecule has 1 atom stereocenters. The molecule has 1 saturated carbocycles. The molecule has 0 unspecified atom stereocenters. The summed E-state index contributed by atoms with van der Waals surface area (Å²) in [7, 11) is 0. The largest absolute Gasteiger partial charge is 0.354 e. The van der Waals surface area contributed by atoms with Gasteiger partial charge in [0, 0.05) is 57.6 Å². The Morgan fingerprint density at radius 1 is 0.815 bits per heavy atom. The van der Waals surface area contributed by atoms with Crippen molar-refractivity contribution >= 4 is 17.7 Å². The molecule has 4 aliphatic rings. The zero-order valence-corrected chi connectivity index (χ0v) is 16.2. The Morgan fingerprint density at radius 2 is 1.52 bits per heavy atom. The zero-order chi connectivity index (χ0) is 18.8. The molecule has 3 aliphatic heterocycles. The van der Waals surface area contributed by atoms with E-state index in [4.69, 9.17) is 0 Å². The second-order valence-corrected chi connectivity index (χ2v) is 8.59. The van der Waals surface area contributed by atoms with Gasteiger partial charge in [-0.25, -0.2) is 0 Å². The molecule has 4 fully saturated rings. The van der Waals surface area contributed by atoms with Gasteiger partial charge in [0.25, 0.3) is 0 Å². The topological polar surface area (TPSA) is 73.0 Å². The number of piperidine rings is 2. The predicted molar refractivity (Wildman–Crippen MR) is 101 cm³/mol. The van der Waals surface area contributed by atoms with Crippen LogP contribution in [0.15, 0.2) is 0 Å². The minimum Gasteiger partial charge on any atom is -0.354 e. The van der Waals surface area contributed by atoms with Crippen LogP contribution in [0.5, 0.6) is 0 Å². The van der Waals surface area contributed by atoms with E-state index >= 15 is 0 Å². The molecular weight excluding hydrogens is 344 g/mol. The average Bonchev–Trinajstić information content (AvgIpc) is 3.55. The van der Waals surface area contributed by atoms with Gasteiger partial charge in [-0.2, -0.15) is 0 Å². The first-order valence-corrected chi connectivity index (χ1v) is 10.7. The van der Waals surface area contributed by atoms with E-state index in [0.29, 0.717) is 43.9 Å². The number of carbonyl (C=O) groups excluding carboxylic acids is 3. The molecule has 150 valence electrons. The van der Waals surface area contributed by atoms with Gasteiger partial charge in [-0.05, 0) is 45.1 Å². The summed E-state index contributed by atoms with van der Waals surface area (Å²) in [5, 5.41) is 2.84.